The normalized spacial score (nSPS) is 12.5. The average Bonchev–Trinajstić information content (AvgIpc) is 2.91. The van der Waals surface area contributed by atoms with E-state index >= 15 is 0 Å². The number of para-hydroxylation sites is 2. The molecule has 4 rings (SSSR count). The Morgan fingerprint density at radius 3 is 2.73 bits per heavy atom. The Kier molecular flexibility index (Phi) is 2.81. The predicted molar refractivity (Wildman–Crippen MR) is 94.6 cm³/mol. The molecule has 0 aliphatic rings. The Balaban J connectivity index is 2.46. The Bertz CT molecular complexity index is 1170. The molecule has 3 heteroatoms. The van der Waals surface area contributed by atoms with Crippen LogP contribution in [0.25, 0.3) is 40.2 Å². The van der Waals surface area contributed by atoms with Gasteiger partial charge in [-0.3, -0.25) is 4.40 Å². The molecule has 0 fully saturated rings. The van der Waals surface area contributed by atoms with E-state index in [1.54, 1.807) is 6.08 Å². The van der Waals surface area contributed by atoms with Gasteiger partial charge in [-0.1, -0.05) is 55.1 Å². The van der Waals surface area contributed by atoms with Crippen LogP contribution >= 0.6 is 11.6 Å². The van der Waals surface area contributed by atoms with Gasteiger partial charge in [0.15, 0.2) is 0 Å². The first-order valence-corrected chi connectivity index (χ1v) is 7.38. The molecule has 0 saturated carbocycles. The number of hydrogen-bond donors (Lipinski definition) is 0. The first-order valence-electron chi connectivity index (χ1n) is 7.01. The van der Waals surface area contributed by atoms with Gasteiger partial charge < -0.3 is 0 Å². The molecule has 2 aromatic heterocycles. The standard InChI is InChI=1S/C19H13ClN2/c1-3-6-14-12(2)19-21-16-7-4-5-8-17(16)22(19)18-11-13(20)9-10-15(14)18/h3-11H,1-2H2/b14-6+. The van der Waals surface area contributed by atoms with Gasteiger partial charge in [-0.05, 0) is 29.5 Å². The van der Waals surface area contributed by atoms with Gasteiger partial charge in [0.2, 0.25) is 0 Å². The van der Waals surface area contributed by atoms with Crippen LogP contribution in [0.15, 0.2) is 55.1 Å². The number of pyridine rings is 1. The summed E-state index contributed by atoms with van der Waals surface area (Å²) in [6.07, 6.45) is 3.75. The summed E-state index contributed by atoms with van der Waals surface area (Å²) in [6.45, 7) is 8.05. The van der Waals surface area contributed by atoms with Crippen molar-refractivity contribution in [1.29, 1.82) is 0 Å². The summed E-state index contributed by atoms with van der Waals surface area (Å²) in [5.41, 5.74) is 3.88. The van der Waals surface area contributed by atoms with Gasteiger partial charge in [0.25, 0.3) is 0 Å². The molecule has 2 aromatic carbocycles. The van der Waals surface area contributed by atoms with Crippen molar-refractivity contribution in [3.63, 3.8) is 0 Å². The third-order valence-corrected chi connectivity index (χ3v) is 4.17. The predicted octanol–water partition coefficient (Wildman–Crippen LogP) is 3.67. The SMILES string of the molecule is C=C/C=c1\c(=C)c2nc3ccccc3n2c2cc(Cl)ccc12. The number of hydrogen-bond acceptors (Lipinski definition) is 1. The summed E-state index contributed by atoms with van der Waals surface area (Å²) in [5, 5.41) is 3.72. The summed E-state index contributed by atoms with van der Waals surface area (Å²) in [5.74, 6) is 0. The van der Waals surface area contributed by atoms with Crippen molar-refractivity contribution in [2.45, 2.75) is 0 Å². The summed E-state index contributed by atoms with van der Waals surface area (Å²) in [6, 6.07) is 14.0. The van der Waals surface area contributed by atoms with Crippen molar-refractivity contribution in [2.75, 3.05) is 0 Å². The molecule has 0 amide bonds. The summed E-state index contributed by atoms with van der Waals surface area (Å²) >= 11 is 6.23. The van der Waals surface area contributed by atoms with E-state index in [2.05, 4.69) is 23.6 Å². The van der Waals surface area contributed by atoms with Gasteiger partial charge in [0, 0.05) is 15.6 Å². The van der Waals surface area contributed by atoms with Crippen LogP contribution in [0.5, 0.6) is 0 Å². The van der Waals surface area contributed by atoms with E-state index in [0.717, 1.165) is 38.0 Å². The van der Waals surface area contributed by atoms with E-state index in [4.69, 9.17) is 16.6 Å². The number of halogens is 1. The zero-order valence-electron chi connectivity index (χ0n) is 11.9. The molecule has 0 spiro atoms. The van der Waals surface area contributed by atoms with Crippen molar-refractivity contribution < 1.29 is 0 Å². The maximum Gasteiger partial charge on any atom is 0.145 e. The van der Waals surface area contributed by atoms with Gasteiger partial charge in [0.05, 0.1) is 16.6 Å². The van der Waals surface area contributed by atoms with E-state index < -0.39 is 0 Å². The molecule has 106 valence electrons. The molecule has 2 nitrogen and oxygen atoms in total. The monoisotopic (exact) mass is 304 g/mol. The fraction of sp³-hybridized carbons (Fsp3) is 0. The topological polar surface area (TPSA) is 17.3 Å². The molecule has 22 heavy (non-hydrogen) atoms. The van der Waals surface area contributed by atoms with E-state index in [1.165, 1.54) is 0 Å². The van der Waals surface area contributed by atoms with E-state index in [0.29, 0.717) is 5.02 Å². The molecule has 0 aliphatic heterocycles. The minimum Gasteiger partial charge on any atom is -0.292 e. The third kappa shape index (κ3) is 1.71. The highest BCUT2D eigenvalue weighted by molar-refractivity contribution is 6.31. The van der Waals surface area contributed by atoms with Crippen LogP contribution in [-0.4, -0.2) is 9.38 Å². The van der Waals surface area contributed by atoms with Gasteiger partial charge in [-0.15, -0.1) is 0 Å². The zero-order valence-corrected chi connectivity index (χ0v) is 12.6. The average molecular weight is 305 g/mol. The smallest absolute Gasteiger partial charge is 0.145 e. The van der Waals surface area contributed by atoms with Crippen molar-refractivity contribution in [2.24, 2.45) is 0 Å². The largest absolute Gasteiger partial charge is 0.292 e. The van der Waals surface area contributed by atoms with Crippen LogP contribution in [0, 0.1) is 0 Å². The second kappa shape index (κ2) is 4.72. The molecule has 0 unspecified atom stereocenters. The molecule has 0 radical (unpaired) electrons. The Morgan fingerprint density at radius 1 is 1.09 bits per heavy atom. The first kappa shape index (κ1) is 13.1. The van der Waals surface area contributed by atoms with Crippen LogP contribution in [0.2, 0.25) is 5.02 Å². The molecule has 0 bridgehead atoms. The number of aromatic nitrogens is 2. The van der Waals surface area contributed by atoms with Crippen LogP contribution in [-0.2, 0) is 0 Å². The fourth-order valence-corrected chi connectivity index (χ4v) is 3.15. The van der Waals surface area contributed by atoms with E-state index in [9.17, 15) is 0 Å². The highest BCUT2D eigenvalue weighted by Crippen LogP contribution is 2.22. The van der Waals surface area contributed by atoms with Gasteiger partial charge in [-0.25, -0.2) is 4.98 Å². The Labute approximate surface area is 132 Å². The van der Waals surface area contributed by atoms with Gasteiger partial charge in [-0.2, -0.15) is 0 Å². The van der Waals surface area contributed by atoms with E-state index in [-0.39, 0.29) is 0 Å². The van der Waals surface area contributed by atoms with Crippen LogP contribution in [0.4, 0.5) is 0 Å². The highest BCUT2D eigenvalue weighted by atomic mass is 35.5. The van der Waals surface area contributed by atoms with Crippen LogP contribution < -0.4 is 10.4 Å². The number of rotatable bonds is 1. The summed E-state index contributed by atoms with van der Waals surface area (Å²) < 4.78 is 2.12. The van der Waals surface area contributed by atoms with Crippen molar-refractivity contribution >= 4 is 51.8 Å². The molecule has 0 saturated heterocycles. The second-order valence-corrected chi connectivity index (χ2v) is 5.65. The van der Waals surface area contributed by atoms with Crippen LogP contribution in [0.3, 0.4) is 0 Å². The lowest BCUT2D eigenvalue weighted by Gasteiger charge is -2.06. The zero-order chi connectivity index (χ0) is 15.3. The summed E-state index contributed by atoms with van der Waals surface area (Å²) in [7, 11) is 0. The molecule has 0 atom stereocenters. The lowest BCUT2D eigenvalue weighted by molar-refractivity contribution is 1.27. The maximum absolute atomic E-state index is 6.23. The quantitative estimate of drug-likeness (QED) is 0.524. The number of benzene rings is 2. The maximum atomic E-state index is 6.23. The number of fused-ring (bicyclic) bond motifs is 5. The van der Waals surface area contributed by atoms with Crippen molar-refractivity contribution in [3.05, 3.63) is 70.6 Å². The number of imidazole rings is 1. The van der Waals surface area contributed by atoms with E-state index in [1.807, 2.05) is 42.5 Å². The minimum absolute atomic E-state index is 0.702. The molecule has 0 N–H and O–H groups in total. The molecular weight excluding hydrogens is 292 g/mol. The summed E-state index contributed by atoms with van der Waals surface area (Å²) in [4.78, 5) is 4.74. The fourth-order valence-electron chi connectivity index (χ4n) is 2.98. The molecular formula is C19H13ClN2. The number of allylic oxidation sites excluding steroid dienone is 1. The molecule has 2 heterocycles. The third-order valence-electron chi connectivity index (χ3n) is 3.93. The Morgan fingerprint density at radius 2 is 1.91 bits per heavy atom. The van der Waals surface area contributed by atoms with Crippen molar-refractivity contribution in [1.82, 2.24) is 9.38 Å². The molecule has 0 aliphatic carbocycles. The van der Waals surface area contributed by atoms with Gasteiger partial charge in [0.1, 0.15) is 5.65 Å². The van der Waals surface area contributed by atoms with Crippen molar-refractivity contribution in [3.8, 4) is 0 Å². The second-order valence-electron chi connectivity index (χ2n) is 5.22. The Hall–Kier alpha value is -2.58. The minimum atomic E-state index is 0.702. The van der Waals surface area contributed by atoms with Gasteiger partial charge >= 0.3 is 0 Å². The van der Waals surface area contributed by atoms with Crippen LogP contribution in [0.1, 0.15) is 0 Å². The number of nitrogens with zero attached hydrogens (tertiary/aromatic N) is 2. The highest BCUT2D eigenvalue weighted by Gasteiger charge is 2.10. The lowest BCUT2D eigenvalue weighted by atomic mass is 10.1. The molecule has 4 aromatic rings. The first-order chi connectivity index (χ1) is 10.7. The lowest BCUT2D eigenvalue weighted by Crippen LogP contribution is -2.27.